The number of nitrogens with one attached hydrogen (secondary N) is 1. The van der Waals surface area contributed by atoms with Crippen LogP contribution >= 0.6 is 23.2 Å². The van der Waals surface area contributed by atoms with Crippen LogP contribution in [0, 0.1) is 5.82 Å². The molecule has 2 aromatic carbocycles. The molecule has 1 N–H and O–H groups in total. The predicted molar refractivity (Wildman–Crippen MR) is 95.7 cm³/mol. The molecule has 0 unspecified atom stereocenters. The largest absolute Gasteiger partial charge is 0.368 e. The number of urea groups is 1. The normalized spacial score (nSPS) is 14.6. The van der Waals surface area contributed by atoms with Crippen LogP contribution in [0.4, 0.5) is 20.6 Å². The predicted octanol–water partition coefficient (Wildman–Crippen LogP) is 4.49. The van der Waals surface area contributed by atoms with Crippen molar-refractivity contribution in [1.82, 2.24) is 4.90 Å². The number of amides is 2. The Balaban J connectivity index is 1.58. The maximum absolute atomic E-state index is 13.0. The van der Waals surface area contributed by atoms with E-state index in [9.17, 15) is 9.18 Å². The lowest BCUT2D eigenvalue weighted by Crippen LogP contribution is -2.50. The first-order valence-electron chi connectivity index (χ1n) is 7.54. The highest BCUT2D eigenvalue weighted by Gasteiger charge is 2.21. The molecule has 1 heterocycles. The molecule has 0 spiro atoms. The van der Waals surface area contributed by atoms with Crippen LogP contribution in [0.1, 0.15) is 0 Å². The molecule has 0 bridgehead atoms. The molecule has 0 aromatic heterocycles. The Morgan fingerprint density at radius 2 is 1.67 bits per heavy atom. The van der Waals surface area contributed by atoms with Gasteiger partial charge in [0.2, 0.25) is 0 Å². The molecule has 0 radical (unpaired) electrons. The second-order valence-corrected chi connectivity index (χ2v) is 6.35. The number of benzene rings is 2. The van der Waals surface area contributed by atoms with Crippen molar-refractivity contribution in [3.8, 4) is 0 Å². The molecule has 3 rings (SSSR count). The van der Waals surface area contributed by atoms with Crippen molar-refractivity contribution in [2.75, 3.05) is 36.4 Å². The number of anilines is 2. The fourth-order valence-corrected chi connectivity index (χ4v) is 3.06. The highest BCUT2D eigenvalue weighted by molar-refractivity contribution is 6.36. The van der Waals surface area contributed by atoms with Gasteiger partial charge in [0.05, 0.1) is 10.7 Å². The standard InChI is InChI=1S/C17H16Cl2FN3O/c18-12-1-6-16(15(19)11-12)21-17(24)23-9-7-22(8-10-23)14-4-2-13(20)3-5-14/h1-6,11H,7-10H2,(H,21,24). The summed E-state index contributed by atoms with van der Waals surface area (Å²) in [5.41, 5.74) is 1.49. The minimum Gasteiger partial charge on any atom is -0.368 e. The van der Waals surface area contributed by atoms with E-state index in [0.717, 1.165) is 5.69 Å². The molecule has 24 heavy (non-hydrogen) atoms. The van der Waals surface area contributed by atoms with Crippen molar-refractivity contribution < 1.29 is 9.18 Å². The van der Waals surface area contributed by atoms with Crippen LogP contribution in [0.25, 0.3) is 0 Å². The van der Waals surface area contributed by atoms with Gasteiger partial charge in [-0.05, 0) is 42.5 Å². The summed E-state index contributed by atoms with van der Waals surface area (Å²) in [5.74, 6) is -0.253. The van der Waals surface area contributed by atoms with E-state index in [-0.39, 0.29) is 11.8 Å². The number of hydrogen-bond acceptors (Lipinski definition) is 2. The molecule has 1 fully saturated rings. The van der Waals surface area contributed by atoms with Crippen molar-refractivity contribution in [2.24, 2.45) is 0 Å². The van der Waals surface area contributed by atoms with Gasteiger partial charge in [-0.2, -0.15) is 0 Å². The highest BCUT2D eigenvalue weighted by Crippen LogP contribution is 2.26. The number of nitrogens with zero attached hydrogens (tertiary/aromatic N) is 2. The zero-order valence-electron chi connectivity index (χ0n) is 12.8. The minimum absolute atomic E-state index is 0.196. The lowest BCUT2D eigenvalue weighted by molar-refractivity contribution is 0.208. The minimum atomic E-state index is -0.253. The Morgan fingerprint density at radius 1 is 1.00 bits per heavy atom. The van der Waals surface area contributed by atoms with Gasteiger partial charge in [0.15, 0.2) is 0 Å². The number of rotatable bonds is 2. The van der Waals surface area contributed by atoms with Crippen LogP contribution in [0.15, 0.2) is 42.5 Å². The Bertz CT molecular complexity index is 731. The smallest absolute Gasteiger partial charge is 0.322 e. The lowest BCUT2D eigenvalue weighted by Gasteiger charge is -2.36. The average Bonchev–Trinajstić information content (AvgIpc) is 2.58. The Labute approximate surface area is 149 Å². The van der Waals surface area contributed by atoms with Crippen molar-refractivity contribution >= 4 is 40.6 Å². The van der Waals surface area contributed by atoms with Crippen LogP contribution in [0.5, 0.6) is 0 Å². The first kappa shape index (κ1) is 16.9. The van der Waals surface area contributed by atoms with Crippen LogP contribution < -0.4 is 10.2 Å². The van der Waals surface area contributed by atoms with Crippen LogP contribution in [0.2, 0.25) is 10.0 Å². The average molecular weight is 368 g/mol. The second-order valence-electron chi connectivity index (χ2n) is 5.50. The van der Waals surface area contributed by atoms with Crippen molar-refractivity contribution in [2.45, 2.75) is 0 Å². The van der Waals surface area contributed by atoms with E-state index in [4.69, 9.17) is 23.2 Å². The monoisotopic (exact) mass is 367 g/mol. The summed E-state index contributed by atoms with van der Waals surface area (Å²) >= 11 is 11.9. The van der Waals surface area contributed by atoms with Gasteiger partial charge in [-0.15, -0.1) is 0 Å². The number of hydrogen-bond donors (Lipinski definition) is 1. The summed E-state index contributed by atoms with van der Waals surface area (Å²) in [7, 11) is 0. The summed E-state index contributed by atoms with van der Waals surface area (Å²) in [6.07, 6.45) is 0. The molecule has 4 nitrogen and oxygen atoms in total. The summed E-state index contributed by atoms with van der Waals surface area (Å²) in [5, 5.41) is 3.72. The zero-order valence-corrected chi connectivity index (χ0v) is 14.3. The number of halogens is 3. The molecule has 1 saturated heterocycles. The van der Waals surface area contributed by atoms with Gasteiger partial charge in [-0.25, -0.2) is 9.18 Å². The Kier molecular flexibility index (Phi) is 5.11. The molecule has 126 valence electrons. The number of piperazine rings is 1. The van der Waals surface area contributed by atoms with E-state index in [1.807, 2.05) is 0 Å². The van der Waals surface area contributed by atoms with E-state index in [2.05, 4.69) is 10.2 Å². The number of carbonyl (C=O) groups excluding carboxylic acids is 1. The van der Waals surface area contributed by atoms with E-state index < -0.39 is 0 Å². The van der Waals surface area contributed by atoms with Gasteiger partial charge >= 0.3 is 6.03 Å². The first-order chi connectivity index (χ1) is 11.5. The molecule has 1 aliphatic rings. The van der Waals surface area contributed by atoms with Crippen molar-refractivity contribution in [3.63, 3.8) is 0 Å². The maximum atomic E-state index is 13.0. The third kappa shape index (κ3) is 3.91. The van der Waals surface area contributed by atoms with Gasteiger partial charge in [-0.3, -0.25) is 0 Å². The van der Waals surface area contributed by atoms with Gasteiger partial charge < -0.3 is 15.1 Å². The summed E-state index contributed by atoms with van der Waals surface area (Å²) in [4.78, 5) is 16.2. The van der Waals surface area contributed by atoms with E-state index in [1.165, 1.54) is 12.1 Å². The lowest BCUT2D eigenvalue weighted by atomic mass is 10.2. The van der Waals surface area contributed by atoms with E-state index in [1.54, 1.807) is 35.2 Å². The summed E-state index contributed by atoms with van der Waals surface area (Å²) < 4.78 is 13.0. The van der Waals surface area contributed by atoms with Crippen molar-refractivity contribution in [3.05, 3.63) is 58.3 Å². The maximum Gasteiger partial charge on any atom is 0.322 e. The van der Waals surface area contributed by atoms with Gasteiger partial charge in [0.25, 0.3) is 0 Å². The van der Waals surface area contributed by atoms with Gasteiger partial charge in [0.1, 0.15) is 5.82 Å². The third-order valence-corrected chi connectivity index (χ3v) is 4.48. The molecule has 0 saturated carbocycles. The SMILES string of the molecule is O=C(Nc1ccc(Cl)cc1Cl)N1CCN(c2ccc(F)cc2)CC1. The fourth-order valence-electron chi connectivity index (χ4n) is 2.60. The zero-order chi connectivity index (χ0) is 17.1. The molecule has 2 amide bonds. The van der Waals surface area contributed by atoms with Gasteiger partial charge in [0, 0.05) is 36.9 Å². The van der Waals surface area contributed by atoms with Crippen LogP contribution in [-0.2, 0) is 0 Å². The summed E-state index contributed by atoms with van der Waals surface area (Å²) in [6.45, 7) is 2.53. The molecular formula is C17H16Cl2FN3O. The third-order valence-electron chi connectivity index (χ3n) is 3.93. The fraction of sp³-hybridized carbons (Fsp3) is 0.235. The van der Waals surface area contributed by atoms with E-state index >= 15 is 0 Å². The number of carbonyl (C=O) groups is 1. The molecular weight excluding hydrogens is 352 g/mol. The van der Waals surface area contributed by atoms with Gasteiger partial charge in [-0.1, -0.05) is 23.2 Å². The van der Waals surface area contributed by atoms with E-state index in [0.29, 0.717) is 41.9 Å². The molecule has 7 heteroatoms. The van der Waals surface area contributed by atoms with Crippen LogP contribution in [0.3, 0.4) is 0 Å². The summed E-state index contributed by atoms with van der Waals surface area (Å²) in [6, 6.07) is 11.1. The highest BCUT2D eigenvalue weighted by atomic mass is 35.5. The van der Waals surface area contributed by atoms with Crippen molar-refractivity contribution in [1.29, 1.82) is 0 Å². The topological polar surface area (TPSA) is 35.6 Å². The molecule has 0 atom stereocenters. The Hall–Kier alpha value is -1.98. The first-order valence-corrected chi connectivity index (χ1v) is 8.30. The molecule has 1 aliphatic heterocycles. The molecule has 2 aromatic rings. The Morgan fingerprint density at radius 3 is 2.29 bits per heavy atom. The molecule has 0 aliphatic carbocycles. The quantitative estimate of drug-likeness (QED) is 0.848. The van der Waals surface area contributed by atoms with Crippen LogP contribution in [-0.4, -0.2) is 37.1 Å². The second kappa shape index (κ2) is 7.28.